The minimum absolute atomic E-state index is 0.181. The lowest BCUT2D eigenvalue weighted by Crippen LogP contribution is -2.31. The van der Waals surface area contributed by atoms with E-state index in [1.807, 2.05) is 26.8 Å². The van der Waals surface area contributed by atoms with Crippen molar-refractivity contribution in [1.29, 1.82) is 0 Å². The van der Waals surface area contributed by atoms with Crippen molar-refractivity contribution < 1.29 is 9.53 Å². The summed E-state index contributed by atoms with van der Waals surface area (Å²) in [4.78, 5) is 16.1. The maximum atomic E-state index is 12.5. The normalized spacial score (nSPS) is 12.9. The Labute approximate surface area is 173 Å². The van der Waals surface area contributed by atoms with Crippen molar-refractivity contribution in [1.82, 2.24) is 4.98 Å². The van der Waals surface area contributed by atoms with Gasteiger partial charge in [-0.2, -0.15) is 0 Å². The van der Waals surface area contributed by atoms with Gasteiger partial charge in [0.15, 0.2) is 0 Å². The molecule has 0 aliphatic heterocycles. The molecule has 4 heteroatoms. The number of nitrogens with two attached hydrogens (primary N) is 1. The number of hydrogen-bond donors (Lipinski definition) is 2. The van der Waals surface area contributed by atoms with E-state index in [1.54, 1.807) is 0 Å². The Morgan fingerprint density at radius 2 is 1.79 bits per heavy atom. The van der Waals surface area contributed by atoms with Gasteiger partial charge in [0.05, 0.1) is 17.7 Å². The summed E-state index contributed by atoms with van der Waals surface area (Å²) in [6.45, 7) is 13.0. The van der Waals surface area contributed by atoms with Crippen molar-refractivity contribution in [2.24, 2.45) is 5.73 Å². The van der Waals surface area contributed by atoms with Crippen molar-refractivity contribution in [2.45, 2.75) is 52.9 Å². The number of ether oxygens (including phenoxy) is 1. The molecule has 2 aromatic carbocycles. The zero-order valence-corrected chi connectivity index (χ0v) is 18.3. The Hall–Kier alpha value is -2.59. The first-order valence-electron chi connectivity index (χ1n) is 10.3. The van der Waals surface area contributed by atoms with Crippen LogP contribution in [0.1, 0.15) is 55.9 Å². The van der Waals surface area contributed by atoms with Crippen LogP contribution < -0.4 is 5.73 Å². The minimum atomic E-state index is -0.717. The largest absolute Gasteiger partial charge is 0.465 e. The fourth-order valence-electron chi connectivity index (χ4n) is 4.01. The van der Waals surface area contributed by atoms with Crippen LogP contribution in [0.15, 0.2) is 36.4 Å². The summed E-state index contributed by atoms with van der Waals surface area (Å²) >= 11 is 0. The van der Waals surface area contributed by atoms with Crippen LogP contribution >= 0.6 is 0 Å². The number of nitrogens with one attached hydrogen (secondary N) is 1. The van der Waals surface area contributed by atoms with Crippen LogP contribution in [0, 0.1) is 13.8 Å². The first kappa shape index (κ1) is 21.1. The molecule has 0 aliphatic carbocycles. The molecule has 1 atom stereocenters. The maximum absolute atomic E-state index is 12.5. The van der Waals surface area contributed by atoms with Crippen molar-refractivity contribution in [2.75, 3.05) is 13.2 Å². The highest BCUT2D eigenvalue weighted by Crippen LogP contribution is 2.38. The topological polar surface area (TPSA) is 68.1 Å². The summed E-state index contributed by atoms with van der Waals surface area (Å²) in [6, 6.07) is 12.8. The molecule has 0 unspecified atom stereocenters. The van der Waals surface area contributed by atoms with Gasteiger partial charge in [-0.15, -0.1) is 0 Å². The van der Waals surface area contributed by atoms with Gasteiger partial charge in [0.2, 0.25) is 0 Å². The van der Waals surface area contributed by atoms with Crippen LogP contribution in [0.25, 0.3) is 22.2 Å². The Morgan fingerprint density at radius 3 is 2.38 bits per heavy atom. The third-order valence-electron chi connectivity index (χ3n) is 5.70. The molecular weight excluding hydrogens is 360 g/mol. The fraction of sp³-hybridized carbons (Fsp3) is 0.400. The van der Waals surface area contributed by atoms with E-state index in [-0.39, 0.29) is 11.9 Å². The number of hydrogen-bond acceptors (Lipinski definition) is 3. The average Bonchev–Trinajstić information content (AvgIpc) is 3.05. The predicted molar refractivity (Wildman–Crippen MR) is 120 cm³/mol. The fourth-order valence-corrected chi connectivity index (χ4v) is 4.01. The van der Waals surface area contributed by atoms with Gasteiger partial charge in [-0.05, 0) is 88.0 Å². The molecule has 154 valence electrons. The number of H-pyrrole nitrogens is 1. The zero-order chi connectivity index (χ0) is 21.3. The number of esters is 1. The summed E-state index contributed by atoms with van der Waals surface area (Å²) in [5.41, 5.74) is 13.3. The van der Waals surface area contributed by atoms with Gasteiger partial charge in [-0.25, -0.2) is 0 Å². The number of fused-ring (bicyclic) bond motifs is 1. The van der Waals surface area contributed by atoms with Crippen LogP contribution in [0.2, 0.25) is 0 Å². The van der Waals surface area contributed by atoms with E-state index in [2.05, 4.69) is 56.1 Å². The van der Waals surface area contributed by atoms with Crippen LogP contribution in [-0.4, -0.2) is 24.1 Å². The minimum Gasteiger partial charge on any atom is -0.465 e. The summed E-state index contributed by atoms with van der Waals surface area (Å²) < 4.78 is 5.31. The lowest BCUT2D eigenvalue weighted by Gasteiger charge is -2.23. The van der Waals surface area contributed by atoms with Crippen molar-refractivity contribution in [3.8, 4) is 11.3 Å². The van der Waals surface area contributed by atoms with Crippen LogP contribution in [0.5, 0.6) is 0 Å². The van der Waals surface area contributed by atoms with Crippen molar-refractivity contribution in [3.05, 3.63) is 58.7 Å². The van der Waals surface area contributed by atoms with Crippen LogP contribution in [0.4, 0.5) is 0 Å². The molecule has 0 fully saturated rings. The number of aromatic amines is 1. The third-order valence-corrected chi connectivity index (χ3v) is 5.70. The lowest BCUT2D eigenvalue weighted by molar-refractivity contribution is -0.148. The lowest BCUT2D eigenvalue weighted by atomic mass is 9.83. The van der Waals surface area contributed by atoms with E-state index in [4.69, 9.17) is 10.5 Å². The van der Waals surface area contributed by atoms with E-state index in [0.717, 1.165) is 22.2 Å². The smallest absolute Gasteiger partial charge is 0.315 e. The van der Waals surface area contributed by atoms with Gasteiger partial charge < -0.3 is 15.5 Å². The monoisotopic (exact) mass is 392 g/mol. The van der Waals surface area contributed by atoms with Gasteiger partial charge in [-0.3, -0.25) is 4.79 Å². The highest BCUT2D eigenvalue weighted by atomic mass is 16.5. The molecule has 29 heavy (non-hydrogen) atoms. The van der Waals surface area contributed by atoms with E-state index >= 15 is 0 Å². The third kappa shape index (κ3) is 3.95. The second-order valence-corrected chi connectivity index (χ2v) is 8.53. The molecule has 3 N–H and O–H groups in total. The number of carbonyl (C=O) groups is 1. The van der Waals surface area contributed by atoms with Crippen molar-refractivity contribution in [3.63, 3.8) is 0 Å². The SMILES string of the molecule is CCOC(=O)C(C)(C)c1ccc2[nH]c(-c3cc(C)cc(C)c3)c([C@@H](C)CN)c2c1. The Balaban J connectivity index is 2.24. The molecule has 0 radical (unpaired) electrons. The second kappa shape index (κ2) is 8.03. The summed E-state index contributed by atoms with van der Waals surface area (Å²) in [7, 11) is 0. The molecule has 0 aliphatic rings. The summed E-state index contributed by atoms with van der Waals surface area (Å²) in [5.74, 6) is -0.0293. The van der Waals surface area contributed by atoms with Gasteiger partial charge >= 0.3 is 5.97 Å². The van der Waals surface area contributed by atoms with Crippen LogP contribution in [-0.2, 0) is 14.9 Å². The van der Waals surface area contributed by atoms with Gasteiger partial charge in [0.1, 0.15) is 0 Å². The summed E-state index contributed by atoms with van der Waals surface area (Å²) in [5, 5.41) is 1.12. The first-order chi connectivity index (χ1) is 13.7. The number of rotatable bonds is 6. The molecule has 3 rings (SSSR count). The second-order valence-electron chi connectivity index (χ2n) is 8.53. The number of carbonyl (C=O) groups excluding carboxylic acids is 1. The highest BCUT2D eigenvalue weighted by Gasteiger charge is 2.32. The molecule has 3 aromatic rings. The standard InChI is InChI=1S/C25H32N2O2/c1-7-29-24(28)25(5,6)19-8-9-21-20(13-19)22(17(4)14-26)23(27-21)18-11-15(2)10-16(3)12-18/h8-13,17,27H,7,14,26H2,1-6H3/t17-/m0/s1. The maximum Gasteiger partial charge on any atom is 0.315 e. The average molecular weight is 393 g/mol. The Kier molecular flexibility index (Phi) is 5.85. The molecule has 0 amide bonds. The van der Waals surface area contributed by atoms with Gasteiger partial charge in [0.25, 0.3) is 0 Å². The van der Waals surface area contributed by atoms with E-state index in [0.29, 0.717) is 13.2 Å². The Morgan fingerprint density at radius 1 is 1.14 bits per heavy atom. The van der Waals surface area contributed by atoms with Crippen LogP contribution in [0.3, 0.4) is 0 Å². The van der Waals surface area contributed by atoms with Gasteiger partial charge in [-0.1, -0.05) is 30.2 Å². The predicted octanol–water partition coefficient (Wildman–Crippen LogP) is 5.35. The van der Waals surface area contributed by atoms with Crippen molar-refractivity contribution >= 4 is 16.9 Å². The number of aromatic nitrogens is 1. The molecule has 1 heterocycles. The summed E-state index contributed by atoms with van der Waals surface area (Å²) in [6.07, 6.45) is 0. The first-order valence-corrected chi connectivity index (χ1v) is 10.3. The molecule has 0 saturated carbocycles. The Bertz CT molecular complexity index is 1030. The number of aryl methyl sites for hydroxylation is 2. The zero-order valence-electron chi connectivity index (χ0n) is 18.3. The number of benzene rings is 2. The molecular formula is C25H32N2O2. The van der Waals surface area contributed by atoms with E-state index in [1.165, 1.54) is 22.3 Å². The van der Waals surface area contributed by atoms with E-state index < -0.39 is 5.41 Å². The molecule has 0 spiro atoms. The quantitative estimate of drug-likeness (QED) is 0.555. The molecule has 0 bridgehead atoms. The molecule has 0 saturated heterocycles. The molecule has 1 aromatic heterocycles. The molecule has 4 nitrogen and oxygen atoms in total. The van der Waals surface area contributed by atoms with E-state index in [9.17, 15) is 4.79 Å². The highest BCUT2D eigenvalue weighted by molar-refractivity contribution is 5.93. The van der Waals surface area contributed by atoms with Gasteiger partial charge in [0, 0.05) is 10.9 Å².